The van der Waals surface area contributed by atoms with Crippen LogP contribution in [0.5, 0.6) is 0 Å². The molecule has 9 heteroatoms. The number of carbonyl (C=O) groups excluding carboxylic acids is 2. The van der Waals surface area contributed by atoms with Crippen molar-refractivity contribution in [2.75, 3.05) is 18.4 Å². The Labute approximate surface area is 174 Å². The maximum atomic E-state index is 14.8. The SMILES string of the molecule is CC(C)(C)OC(=O)N1CCC(c2ccc(NC3CCC(=O)NC3O)cc2)C(F)(F)C1. The van der Waals surface area contributed by atoms with Crippen molar-refractivity contribution < 1.29 is 28.2 Å². The smallest absolute Gasteiger partial charge is 0.410 e. The van der Waals surface area contributed by atoms with E-state index in [1.54, 1.807) is 45.0 Å². The van der Waals surface area contributed by atoms with E-state index in [0.717, 1.165) is 4.90 Å². The van der Waals surface area contributed by atoms with Crippen LogP contribution in [0.25, 0.3) is 0 Å². The molecular weight excluding hydrogens is 396 g/mol. The van der Waals surface area contributed by atoms with E-state index in [0.29, 0.717) is 24.1 Å². The molecule has 2 heterocycles. The van der Waals surface area contributed by atoms with Crippen LogP contribution in [-0.4, -0.2) is 58.9 Å². The summed E-state index contributed by atoms with van der Waals surface area (Å²) in [5.74, 6) is -4.27. The van der Waals surface area contributed by atoms with Gasteiger partial charge >= 0.3 is 6.09 Å². The predicted octanol–water partition coefficient (Wildman–Crippen LogP) is 3.06. The van der Waals surface area contributed by atoms with Crippen LogP contribution in [0.4, 0.5) is 19.3 Å². The Balaban J connectivity index is 1.62. The number of aliphatic hydroxyl groups excluding tert-OH is 1. The monoisotopic (exact) mass is 425 g/mol. The molecule has 2 amide bonds. The van der Waals surface area contributed by atoms with Crippen LogP contribution in [0.3, 0.4) is 0 Å². The Bertz CT molecular complexity index is 779. The van der Waals surface area contributed by atoms with Gasteiger partial charge < -0.3 is 25.4 Å². The fourth-order valence-corrected chi connectivity index (χ4v) is 3.79. The number of alkyl halides is 2. The second-order valence-electron chi connectivity index (χ2n) is 8.93. The first-order valence-corrected chi connectivity index (χ1v) is 10.1. The molecule has 30 heavy (non-hydrogen) atoms. The lowest BCUT2D eigenvalue weighted by Crippen LogP contribution is -2.51. The van der Waals surface area contributed by atoms with E-state index < -0.39 is 36.3 Å². The number of amides is 2. The van der Waals surface area contributed by atoms with Crippen LogP contribution < -0.4 is 10.6 Å². The molecule has 166 valence electrons. The number of ether oxygens (including phenoxy) is 1. The maximum Gasteiger partial charge on any atom is 0.410 e. The lowest BCUT2D eigenvalue weighted by atomic mass is 9.86. The molecule has 3 atom stereocenters. The van der Waals surface area contributed by atoms with Crippen molar-refractivity contribution in [3.8, 4) is 0 Å². The minimum absolute atomic E-state index is 0.131. The zero-order chi connectivity index (χ0) is 22.1. The minimum atomic E-state index is -3.08. The summed E-state index contributed by atoms with van der Waals surface area (Å²) in [7, 11) is 0. The number of benzene rings is 1. The van der Waals surface area contributed by atoms with Crippen LogP contribution >= 0.6 is 0 Å². The summed E-state index contributed by atoms with van der Waals surface area (Å²) in [6, 6.07) is 6.31. The highest BCUT2D eigenvalue weighted by molar-refractivity contribution is 5.77. The predicted molar refractivity (Wildman–Crippen MR) is 107 cm³/mol. The number of hydrogen-bond donors (Lipinski definition) is 3. The van der Waals surface area contributed by atoms with Crippen molar-refractivity contribution >= 4 is 17.7 Å². The molecule has 0 aliphatic carbocycles. The molecule has 1 aromatic rings. The molecule has 2 aliphatic rings. The number of rotatable bonds is 3. The van der Waals surface area contributed by atoms with Crippen molar-refractivity contribution in [3.05, 3.63) is 29.8 Å². The Morgan fingerprint density at radius 3 is 2.50 bits per heavy atom. The summed E-state index contributed by atoms with van der Waals surface area (Å²) in [5.41, 5.74) is 0.432. The third-order valence-corrected chi connectivity index (χ3v) is 5.29. The first kappa shape index (κ1) is 22.3. The first-order valence-electron chi connectivity index (χ1n) is 10.1. The van der Waals surface area contributed by atoms with Crippen molar-refractivity contribution in [2.24, 2.45) is 0 Å². The second-order valence-corrected chi connectivity index (χ2v) is 8.93. The molecule has 3 N–H and O–H groups in total. The van der Waals surface area contributed by atoms with Gasteiger partial charge in [-0.05, 0) is 51.3 Å². The van der Waals surface area contributed by atoms with Crippen molar-refractivity contribution in [2.45, 2.75) is 69.7 Å². The molecule has 2 saturated heterocycles. The van der Waals surface area contributed by atoms with Gasteiger partial charge in [0.1, 0.15) is 11.8 Å². The number of aliphatic hydroxyl groups is 1. The molecule has 3 rings (SSSR count). The van der Waals surface area contributed by atoms with E-state index in [4.69, 9.17) is 4.74 Å². The Hall–Kier alpha value is -2.42. The number of nitrogens with one attached hydrogen (secondary N) is 2. The normalized spacial score (nSPS) is 26.7. The van der Waals surface area contributed by atoms with Crippen molar-refractivity contribution in [1.82, 2.24) is 10.2 Å². The summed E-state index contributed by atoms with van der Waals surface area (Å²) < 4.78 is 34.9. The average Bonchev–Trinajstić information content (AvgIpc) is 2.62. The fraction of sp³-hybridized carbons (Fsp3) is 0.619. The van der Waals surface area contributed by atoms with Gasteiger partial charge in [0.25, 0.3) is 5.92 Å². The molecular formula is C21H29F2N3O4. The molecule has 7 nitrogen and oxygen atoms in total. The Kier molecular flexibility index (Phi) is 6.21. The van der Waals surface area contributed by atoms with E-state index in [-0.39, 0.29) is 24.9 Å². The molecule has 0 radical (unpaired) electrons. The van der Waals surface area contributed by atoms with E-state index in [2.05, 4.69) is 10.6 Å². The zero-order valence-electron chi connectivity index (χ0n) is 17.5. The quantitative estimate of drug-likeness (QED) is 0.693. The molecule has 0 spiro atoms. The fourth-order valence-electron chi connectivity index (χ4n) is 3.79. The van der Waals surface area contributed by atoms with Gasteiger partial charge in [-0.25, -0.2) is 13.6 Å². The number of hydrogen-bond acceptors (Lipinski definition) is 5. The highest BCUT2D eigenvalue weighted by Crippen LogP contribution is 2.41. The summed E-state index contributed by atoms with van der Waals surface area (Å²) in [6.07, 6.45) is -0.789. The summed E-state index contributed by atoms with van der Waals surface area (Å²) in [5, 5.41) is 15.5. The number of anilines is 1. The summed E-state index contributed by atoms with van der Waals surface area (Å²) in [4.78, 5) is 24.5. The molecule has 3 unspecified atom stereocenters. The average molecular weight is 425 g/mol. The summed E-state index contributed by atoms with van der Waals surface area (Å²) in [6.45, 7) is 4.62. The van der Waals surface area contributed by atoms with Gasteiger partial charge in [0.15, 0.2) is 0 Å². The number of likely N-dealkylation sites (tertiary alicyclic amines) is 1. The van der Waals surface area contributed by atoms with E-state index in [1.165, 1.54) is 0 Å². The number of nitrogens with zero attached hydrogens (tertiary/aromatic N) is 1. The Morgan fingerprint density at radius 1 is 1.27 bits per heavy atom. The van der Waals surface area contributed by atoms with Crippen molar-refractivity contribution in [1.29, 1.82) is 0 Å². The Morgan fingerprint density at radius 2 is 1.93 bits per heavy atom. The van der Waals surface area contributed by atoms with Crippen LogP contribution in [0, 0.1) is 0 Å². The van der Waals surface area contributed by atoms with Crippen LogP contribution in [0.1, 0.15) is 51.5 Å². The first-order chi connectivity index (χ1) is 13.9. The van der Waals surface area contributed by atoms with Crippen LogP contribution in [0.2, 0.25) is 0 Å². The minimum Gasteiger partial charge on any atom is -0.444 e. The van der Waals surface area contributed by atoms with Crippen LogP contribution in [0.15, 0.2) is 24.3 Å². The molecule has 0 saturated carbocycles. The van der Waals surface area contributed by atoms with E-state index >= 15 is 0 Å². The van der Waals surface area contributed by atoms with E-state index in [1.807, 2.05) is 0 Å². The van der Waals surface area contributed by atoms with Gasteiger partial charge in [0.2, 0.25) is 5.91 Å². The van der Waals surface area contributed by atoms with Gasteiger partial charge in [-0.1, -0.05) is 12.1 Å². The molecule has 2 aliphatic heterocycles. The highest BCUT2D eigenvalue weighted by atomic mass is 19.3. The van der Waals surface area contributed by atoms with Gasteiger partial charge in [-0.3, -0.25) is 4.79 Å². The van der Waals surface area contributed by atoms with Gasteiger partial charge in [0, 0.05) is 18.7 Å². The maximum absolute atomic E-state index is 14.8. The van der Waals surface area contributed by atoms with E-state index in [9.17, 15) is 23.5 Å². The number of carbonyl (C=O) groups is 2. The second kappa shape index (κ2) is 8.37. The summed E-state index contributed by atoms with van der Waals surface area (Å²) >= 11 is 0. The standard InChI is InChI=1S/C21H29F2N3O4/c1-20(2,3)30-19(29)26-11-10-15(21(22,23)12-26)13-4-6-14(7-5-13)24-16-8-9-17(27)25-18(16)28/h4-7,15-16,18,24,28H,8-12H2,1-3H3,(H,25,27). The molecule has 0 bridgehead atoms. The number of halogens is 2. The van der Waals surface area contributed by atoms with Crippen molar-refractivity contribution in [3.63, 3.8) is 0 Å². The highest BCUT2D eigenvalue weighted by Gasteiger charge is 2.47. The van der Waals surface area contributed by atoms with Gasteiger partial charge in [-0.2, -0.15) is 0 Å². The molecule has 2 fully saturated rings. The third-order valence-electron chi connectivity index (χ3n) is 5.29. The lowest BCUT2D eigenvalue weighted by Gasteiger charge is -2.39. The third kappa shape index (κ3) is 5.38. The topological polar surface area (TPSA) is 90.9 Å². The van der Waals surface area contributed by atoms with Gasteiger partial charge in [-0.15, -0.1) is 0 Å². The van der Waals surface area contributed by atoms with Crippen LogP contribution in [-0.2, 0) is 9.53 Å². The molecule has 1 aromatic carbocycles. The lowest BCUT2D eigenvalue weighted by molar-refractivity contribution is -0.126. The molecule has 0 aromatic heterocycles. The number of piperidine rings is 2. The zero-order valence-corrected chi connectivity index (χ0v) is 17.5. The largest absolute Gasteiger partial charge is 0.444 e. The van der Waals surface area contributed by atoms with Gasteiger partial charge in [0.05, 0.1) is 18.5 Å².